The van der Waals surface area contributed by atoms with Gasteiger partial charge in [0.25, 0.3) is 11.8 Å². The van der Waals surface area contributed by atoms with Crippen molar-refractivity contribution in [3.8, 4) is 11.5 Å². The van der Waals surface area contributed by atoms with Crippen LogP contribution < -0.4 is 30.4 Å². The smallest absolute Gasteiger partial charge is 0.279 e. The fourth-order valence-corrected chi connectivity index (χ4v) is 3.85. The van der Waals surface area contributed by atoms with Crippen LogP contribution in [-0.2, 0) is 24.4 Å². The average molecular weight is 493 g/mol. The molecule has 4 N–H and O–H groups in total. The molecule has 2 aromatic rings. The van der Waals surface area contributed by atoms with Crippen LogP contribution in [0.3, 0.4) is 0 Å². The first kappa shape index (κ1) is 26.6. The summed E-state index contributed by atoms with van der Waals surface area (Å²) in [6.45, 7) is 6.54. The lowest BCUT2D eigenvalue weighted by Gasteiger charge is -2.18. The van der Waals surface area contributed by atoms with Gasteiger partial charge in [0.2, 0.25) is 15.9 Å². The van der Waals surface area contributed by atoms with E-state index < -0.39 is 34.0 Å². The molecule has 34 heavy (non-hydrogen) atoms. The second-order valence-corrected chi connectivity index (χ2v) is 8.91. The Bertz CT molecular complexity index is 1100. The van der Waals surface area contributed by atoms with Crippen molar-refractivity contribution in [3.63, 3.8) is 0 Å². The molecular weight excluding hydrogens is 464 g/mol. The zero-order chi connectivity index (χ0) is 25.3. The highest BCUT2D eigenvalue weighted by molar-refractivity contribution is 7.89. The predicted octanol–water partition coefficient (Wildman–Crippen LogP) is 1.33. The van der Waals surface area contributed by atoms with E-state index >= 15 is 0 Å². The maximum atomic E-state index is 12.5. The van der Waals surface area contributed by atoms with E-state index in [1.54, 1.807) is 24.3 Å². The third kappa shape index (κ3) is 8.05. The zero-order valence-corrected chi connectivity index (χ0v) is 20.1. The fourth-order valence-electron chi connectivity index (χ4n) is 2.65. The van der Waals surface area contributed by atoms with E-state index in [0.717, 1.165) is 0 Å². The first-order chi connectivity index (χ1) is 16.0. The minimum absolute atomic E-state index is 0.0948. The lowest BCUT2D eigenvalue weighted by molar-refractivity contribution is -0.133. The molecule has 0 saturated heterocycles. The van der Waals surface area contributed by atoms with Crippen molar-refractivity contribution >= 4 is 33.4 Å². The van der Waals surface area contributed by atoms with Gasteiger partial charge in [0, 0.05) is 12.6 Å². The molecule has 2 atom stereocenters. The Labute approximate surface area is 198 Å². The standard InChI is InChI=1S/C22H28N4O7S/c1-5-32-18-8-10-19(11-9-18)33-15(3)22(29)25-24-21(28)14(2)26-34(30,31)20-12-6-17(7-13-20)23-16(4)27/h6-15,26H,5H2,1-4H3,(H,23,27)(H,24,28)(H,25,29)/t14-,15?/m0/s1. The van der Waals surface area contributed by atoms with Gasteiger partial charge < -0.3 is 14.8 Å². The lowest BCUT2D eigenvalue weighted by atomic mass is 10.3. The number of ether oxygens (including phenoxy) is 2. The van der Waals surface area contributed by atoms with Crippen LogP contribution in [0.15, 0.2) is 53.4 Å². The third-order valence-electron chi connectivity index (χ3n) is 4.34. The molecule has 0 saturated carbocycles. The summed E-state index contributed by atoms with van der Waals surface area (Å²) in [7, 11) is -4.02. The SMILES string of the molecule is CCOc1ccc(OC(C)C(=O)NNC(=O)[C@H](C)NS(=O)(=O)c2ccc(NC(C)=O)cc2)cc1. The molecule has 0 aliphatic rings. The van der Waals surface area contributed by atoms with Crippen LogP contribution in [0.5, 0.6) is 11.5 Å². The molecule has 0 aromatic heterocycles. The second-order valence-electron chi connectivity index (χ2n) is 7.19. The first-order valence-electron chi connectivity index (χ1n) is 10.4. The van der Waals surface area contributed by atoms with Gasteiger partial charge in [0.05, 0.1) is 17.5 Å². The Morgan fingerprint density at radius 3 is 2.00 bits per heavy atom. The van der Waals surface area contributed by atoms with E-state index in [9.17, 15) is 22.8 Å². The normalized spacial score (nSPS) is 12.7. The van der Waals surface area contributed by atoms with E-state index in [0.29, 0.717) is 23.8 Å². The van der Waals surface area contributed by atoms with Crippen LogP contribution in [0.25, 0.3) is 0 Å². The maximum absolute atomic E-state index is 12.5. The van der Waals surface area contributed by atoms with Gasteiger partial charge in [-0.25, -0.2) is 8.42 Å². The second kappa shape index (κ2) is 12.0. The largest absolute Gasteiger partial charge is 0.494 e. The predicted molar refractivity (Wildman–Crippen MR) is 125 cm³/mol. The van der Waals surface area contributed by atoms with Crippen LogP contribution in [-0.4, -0.2) is 44.9 Å². The van der Waals surface area contributed by atoms with E-state index in [2.05, 4.69) is 20.9 Å². The van der Waals surface area contributed by atoms with Gasteiger partial charge in [0.15, 0.2) is 6.10 Å². The van der Waals surface area contributed by atoms with Crippen molar-refractivity contribution in [2.45, 2.75) is 44.7 Å². The molecule has 0 radical (unpaired) electrons. The number of carbonyl (C=O) groups excluding carboxylic acids is 3. The van der Waals surface area contributed by atoms with Gasteiger partial charge in [0.1, 0.15) is 11.5 Å². The monoisotopic (exact) mass is 492 g/mol. The number of anilines is 1. The molecule has 0 aliphatic carbocycles. The van der Waals surface area contributed by atoms with Crippen LogP contribution in [0.1, 0.15) is 27.7 Å². The number of rotatable bonds is 10. The molecule has 0 spiro atoms. The highest BCUT2D eigenvalue weighted by atomic mass is 32.2. The van der Waals surface area contributed by atoms with Crippen molar-refractivity contribution < 1.29 is 32.3 Å². The first-order valence-corrected chi connectivity index (χ1v) is 11.9. The summed E-state index contributed by atoms with van der Waals surface area (Å²) in [4.78, 5) is 35.4. The van der Waals surface area contributed by atoms with Gasteiger partial charge in [-0.05, 0) is 69.3 Å². The van der Waals surface area contributed by atoms with E-state index in [4.69, 9.17) is 9.47 Å². The molecule has 0 bridgehead atoms. The molecule has 12 heteroatoms. The number of amides is 3. The molecule has 184 valence electrons. The average Bonchev–Trinajstić information content (AvgIpc) is 2.78. The van der Waals surface area contributed by atoms with Crippen molar-refractivity contribution in [2.75, 3.05) is 11.9 Å². The van der Waals surface area contributed by atoms with Crippen molar-refractivity contribution in [2.24, 2.45) is 0 Å². The van der Waals surface area contributed by atoms with Crippen LogP contribution in [0.4, 0.5) is 5.69 Å². The Hall–Kier alpha value is -3.64. The Balaban J connectivity index is 1.86. The summed E-state index contributed by atoms with van der Waals surface area (Å²) in [6, 6.07) is 10.9. The number of benzene rings is 2. The summed E-state index contributed by atoms with van der Waals surface area (Å²) < 4.78 is 38.1. The highest BCUT2D eigenvalue weighted by Gasteiger charge is 2.23. The Morgan fingerprint density at radius 1 is 0.882 bits per heavy atom. The van der Waals surface area contributed by atoms with Crippen molar-refractivity contribution in [1.29, 1.82) is 0 Å². The topological polar surface area (TPSA) is 152 Å². The molecule has 2 aromatic carbocycles. The minimum atomic E-state index is -4.02. The quantitative estimate of drug-likeness (QED) is 0.365. The minimum Gasteiger partial charge on any atom is -0.494 e. The maximum Gasteiger partial charge on any atom is 0.279 e. The molecule has 3 amide bonds. The Morgan fingerprint density at radius 2 is 1.44 bits per heavy atom. The summed E-state index contributed by atoms with van der Waals surface area (Å²) in [5, 5.41) is 2.53. The van der Waals surface area contributed by atoms with Crippen LogP contribution in [0.2, 0.25) is 0 Å². The van der Waals surface area contributed by atoms with Crippen LogP contribution in [0, 0.1) is 0 Å². The van der Waals surface area contributed by atoms with Gasteiger partial charge in [-0.1, -0.05) is 0 Å². The third-order valence-corrected chi connectivity index (χ3v) is 5.89. The summed E-state index contributed by atoms with van der Waals surface area (Å²) in [5.74, 6) is -0.603. The number of carbonyl (C=O) groups is 3. The Kier molecular flexibility index (Phi) is 9.39. The number of hydrogen-bond acceptors (Lipinski definition) is 7. The van der Waals surface area contributed by atoms with Gasteiger partial charge in [-0.3, -0.25) is 25.2 Å². The van der Waals surface area contributed by atoms with Crippen molar-refractivity contribution in [1.82, 2.24) is 15.6 Å². The summed E-state index contributed by atoms with van der Waals surface area (Å²) >= 11 is 0. The zero-order valence-electron chi connectivity index (χ0n) is 19.2. The molecule has 1 unspecified atom stereocenters. The van der Waals surface area contributed by atoms with E-state index in [-0.39, 0.29) is 10.8 Å². The fraction of sp³-hybridized carbons (Fsp3) is 0.318. The molecular formula is C22H28N4O7S. The molecule has 0 aliphatic heterocycles. The molecule has 11 nitrogen and oxygen atoms in total. The highest BCUT2D eigenvalue weighted by Crippen LogP contribution is 2.18. The van der Waals surface area contributed by atoms with E-state index in [1.165, 1.54) is 45.0 Å². The summed E-state index contributed by atoms with van der Waals surface area (Å²) in [5.41, 5.74) is 4.80. The number of sulfonamides is 1. The molecule has 2 rings (SSSR count). The number of hydrogen-bond donors (Lipinski definition) is 4. The van der Waals surface area contributed by atoms with Gasteiger partial charge in [-0.2, -0.15) is 4.72 Å². The summed E-state index contributed by atoms with van der Waals surface area (Å²) in [6.07, 6.45) is -0.938. The van der Waals surface area contributed by atoms with Gasteiger partial charge in [-0.15, -0.1) is 0 Å². The lowest BCUT2D eigenvalue weighted by Crippen LogP contribution is -2.53. The number of hydrazine groups is 1. The number of nitrogens with one attached hydrogen (secondary N) is 4. The van der Waals surface area contributed by atoms with Crippen molar-refractivity contribution in [3.05, 3.63) is 48.5 Å². The van der Waals surface area contributed by atoms with Crippen LogP contribution >= 0.6 is 0 Å². The molecule has 0 heterocycles. The van der Waals surface area contributed by atoms with E-state index in [1.807, 2.05) is 6.92 Å². The molecule has 0 fully saturated rings. The van der Waals surface area contributed by atoms with Gasteiger partial charge >= 0.3 is 0 Å².